The van der Waals surface area contributed by atoms with Crippen molar-refractivity contribution < 1.29 is 0 Å². The molecule has 3 rings (SSSR count). The van der Waals surface area contributed by atoms with Crippen molar-refractivity contribution >= 4 is 21.4 Å². The van der Waals surface area contributed by atoms with Gasteiger partial charge in [0.25, 0.3) is 0 Å². The molecule has 0 saturated carbocycles. The van der Waals surface area contributed by atoms with Gasteiger partial charge in [0.05, 0.1) is 0 Å². The molecule has 0 fully saturated rings. The van der Waals surface area contributed by atoms with Gasteiger partial charge in [-0.2, -0.15) is 0 Å². The summed E-state index contributed by atoms with van der Waals surface area (Å²) in [5.41, 5.74) is 4.04. The molecule has 2 aromatic heterocycles. The summed E-state index contributed by atoms with van der Waals surface area (Å²) in [5.74, 6) is 6.63. The topological polar surface area (TPSA) is 55.9 Å². The molecule has 92 valence electrons. The van der Waals surface area contributed by atoms with E-state index in [1.807, 2.05) is 29.9 Å². The van der Waals surface area contributed by atoms with Gasteiger partial charge in [-0.3, -0.25) is 5.84 Å². The zero-order valence-electron chi connectivity index (χ0n) is 10.00. The fourth-order valence-corrected chi connectivity index (χ4v) is 3.17. The van der Waals surface area contributed by atoms with Gasteiger partial charge >= 0.3 is 0 Å². The number of aryl methyl sites for hydroxylation is 1. The van der Waals surface area contributed by atoms with Crippen LogP contribution in [0.15, 0.2) is 42.0 Å². The zero-order valence-corrected chi connectivity index (χ0v) is 10.8. The molecular formula is C13H14N4S. The van der Waals surface area contributed by atoms with Gasteiger partial charge in [-0.05, 0) is 22.4 Å². The molecule has 3 N–H and O–H groups in total. The highest BCUT2D eigenvalue weighted by atomic mass is 32.1. The minimum absolute atomic E-state index is 0.0823. The van der Waals surface area contributed by atoms with E-state index in [-0.39, 0.29) is 6.04 Å². The summed E-state index contributed by atoms with van der Waals surface area (Å²) in [7, 11) is 1.97. The van der Waals surface area contributed by atoms with Gasteiger partial charge in [0.15, 0.2) is 0 Å². The van der Waals surface area contributed by atoms with E-state index in [1.165, 1.54) is 15.6 Å². The van der Waals surface area contributed by atoms with E-state index in [1.54, 1.807) is 17.5 Å². The lowest BCUT2D eigenvalue weighted by Crippen LogP contribution is -2.30. The highest BCUT2D eigenvalue weighted by Gasteiger charge is 2.19. The molecule has 0 aliphatic rings. The van der Waals surface area contributed by atoms with Crippen molar-refractivity contribution in [1.82, 2.24) is 15.0 Å². The van der Waals surface area contributed by atoms with Crippen LogP contribution in [0.1, 0.15) is 17.4 Å². The first-order chi connectivity index (χ1) is 8.81. The second kappa shape index (κ2) is 4.53. The summed E-state index contributed by atoms with van der Waals surface area (Å²) in [4.78, 5) is 4.37. The summed E-state index contributed by atoms with van der Waals surface area (Å²) in [6, 6.07) is 8.25. The number of imidazole rings is 1. The minimum Gasteiger partial charge on any atom is -0.336 e. The van der Waals surface area contributed by atoms with Crippen LogP contribution >= 0.6 is 11.3 Å². The smallest absolute Gasteiger partial charge is 0.131 e. The third-order valence-corrected chi connectivity index (χ3v) is 4.09. The van der Waals surface area contributed by atoms with Crippen LogP contribution in [0, 0.1) is 0 Å². The Morgan fingerprint density at radius 1 is 1.39 bits per heavy atom. The molecular weight excluding hydrogens is 244 g/mol. The first-order valence-electron chi connectivity index (χ1n) is 5.70. The monoisotopic (exact) mass is 258 g/mol. The number of rotatable bonds is 3. The lowest BCUT2D eigenvalue weighted by molar-refractivity contribution is 0.584. The first-order valence-corrected chi connectivity index (χ1v) is 6.58. The summed E-state index contributed by atoms with van der Waals surface area (Å²) < 4.78 is 3.25. The molecule has 0 amide bonds. The fourth-order valence-electron chi connectivity index (χ4n) is 2.18. The first kappa shape index (κ1) is 11.4. The molecule has 5 heteroatoms. The number of hydrogen-bond acceptors (Lipinski definition) is 4. The second-order valence-electron chi connectivity index (χ2n) is 4.18. The quantitative estimate of drug-likeness (QED) is 0.559. The molecule has 4 nitrogen and oxygen atoms in total. The average molecular weight is 258 g/mol. The molecule has 0 radical (unpaired) electrons. The van der Waals surface area contributed by atoms with Crippen molar-refractivity contribution in [1.29, 1.82) is 0 Å². The molecule has 1 atom stereocenters. The number of fused-ring (bicyclic) bond motifs is 1. The molecule has 0 aliphatic carbocycles. The number of nitrogens with zero attached hydrogens (tertiary/aromatic N) is 2. The molecule has 2 heterocycles. The van der Waals surface area contributed by atoms with Crippen LogP contribution in [-0.2, 0) is 7.05 Å². The van der Waals surface area contributed by atoms with Crippen LogP contribution < -0.4 is 11.3 Å². The zero-order chi connectivity index (χ0) is 12.5. The van der Waals surface area contributed by atoms with Crippen molar-refractivity contribution in [2.24, 2.45) is 12.9 Å². The standard InChI is InChI=1S/C13H14N4S/c1-17-7-6-15-13(17)12(16-14)10-8-18-11-5-3-2-4-9(10)11/h2-8,12,16H,14H2,1H3. The third kappa shape index (κ3) is 1.73. The van der Waals surface area contributed by atoms with Gasteiger partial charge in [0.2, 0.25) is 0 Å². The maximum atomic E-state index is 5.72. The molecule has 0 bridgehead atoms. The van der Waals surface area contributed by atoms with E-state index >= 15 is 0 Å². The fraction of sp³-hybridized carbons (Fsp3) is 0.154. The van der Waals surface area contributed by atoms with E-state index < -0.39 is 0 Å². The lowest BCUT2D eigenvalue weighted by atomic mass is 10.1. The van der Waals surface area contributed by atoms with Crippen LogP contribution in [-0.4, -0.2) is 9.55 Å². The molecule has 18 heavy (non-hydrogen) atoms. The van der Waals surface area contributed by atoms with E-state index in [0.29, 0.717) is 0 Å². The van der Waals surface area contributed by atoms with E-state index in [2.05, 4.69) is 27.9 Å². The van der Waals surface area contributed by atoms with Gasteiger partial charge in [0, 0.05) is 24.1 Å². The van der Waals surface area contributed by atoms with Gasteiger partial charge in [0.1, 0.15) is 11.9 Å². The molecule has 3 aromatic rings. The van der Waals surface area contributed by atoms with Crippen LogP contribution in [0.25, 0.3) is 10.1 Å². The molecule has 1 unspecified atom stereocenters. The SMILES string of the molecule is Cn1ccnc1C(NN)c1csc2ccccc12. The predicted octanol–water partition coefficient (Wildman–Crippen LogP) is 2.19. The largest absolute Gasteiger partial charge is 0.336 e. The Morgan fingerprint density at radius 2 is 2.22 bits per heavy atom. The van der Waals surface area contributed by atoms with Crippen molar-refractivity contribution in [3.63, 3.8) is 0 Å². The van der Waals surface area contributed by atoms with Crippen molar-refractivity contribution in [3.05, 3.63) is 53.4 Å². The number of benzene rings is 1. The number of hydrazine groups is 1. The van der Waals surface area contributed by atoms with Gasteiger partial charge in [-0.15, -0.1) is 11.3 Å². The van der Waals surface area contributed by atoms with E-state index in [4.69, 9.17) is 5.84 Å². The Morgan fingerprint density at radius 3 is 2.94 bits per heavy atom. The Labute approximate surface area is 109 Å². The average Bonchev–Trinajstić information content (AvgIpc) is 2.99. The van der Waals surface area contributed by atoms with E-state index in [0.717, 1.165) is 5.82 Å². The van der Waals surface area contributed by atoms with Gasteiger partial charge in [-0.25, -0.2) is 10.4 Å². The summed E-state index contributed by atoms with van der Waals surface area (Å²) in [5, 5.41) is 3.37. The Hall–Kier alpha value is -1.69. The minimum atomic E-state index is -0.0823. The number of aromatic nitrogens is 2. The number of nitrogens with two attached hydrogens (primary N) is 1. The Balaban J connectivity index is 2.15. The third-order valence-electron chi connectivity index (χ3n) is 3.11. The second-order valence-corrected chi connectivity index (χ2v) is 5.09. The number of thiophene rings is 1. The summed E-state index contributed by atoms with van der Waals surface area (Å²) >= 11 is 1.73. The maximum Gasteiger partial charge on any atom is 0.131 e. The van der Waals surface area contributed by atoms with Crippen LogP contribution in [0.4, 0.5) is 0 Å². The van der Waals surface area contributed by atoms with Crippen LogP contribution in [0.3, 0.4) is 0 Å². The Kier molecular flexibility index (Phi) is 2.87. The number of nitrogens with one attached hydrogen (secondary N) is 1. The van der Waals surface area contributed by atoms with Crippen molar-refractivity contribution in [2.45, 2.75) is 6.04 Å². The molecule has 0 spiro atoms. The normalized spacial score (nSPS) is 13.0. The van der Waals surface area contributed by atoms with Gasteiger partial charge in [-0.1, -0.05) is 18.2 Å². The van der Waals surface area contributed by atoms with Crippen LogP contribution in [0.5, 0.6) is 0 Å². The highest BCUT2D eigenvalue weighted by Crippen LogP contribution is 2.32. The summed E-state index contributed by atoms with van der Waals surface area (Å²) in [6.07, 6.45) is 3.71. The predicted molar refractivity (Wildman–Crippen MR) is 74.2 cm³/mol. The van der Waals surface area contributed by atoms with Crippen LogP contribution in [0.2, 0.25) is 0 Å². The molecule has 0 saturated heterocycles. The lowest BCUT2D eigenvalue weighted by Gasteiger charge is -2.15. The molecule has 1 aromatic carbocycles. The number of hydrogen-bond donors (Lipinski definition) is 2. The van der Waals surface area contributed by atoms with Gasteiger partial charge < -0.3 is 4.57 Å². The van der Waals surface area contributed by atoms with E-state index in [9.17, 15) is 0 Å². The Bertz CT molecular complexity index is 670. The maximum absolute atomic E-state index is 5.72. The summed E-state index contributed by atoms with van der Waals surface area (Å²) in [6.45, 7) is 0. The van der Waals surface area contributed by atoms with Crippen molar-refractivity contribution in [2.75, 3.05) is 0 Å². The molecule has 0 aliphatic heterocycles. The highest BCUT2D eigenvalue weighted by molar-refractivity contribution is 7.17. The van der Waals surface area contributed by atoms with Crippen molar-refractivity contribution in [3.8, 4) is 0 Å².